The smallest absolute Gasteiger partial charge is 0.236 e. The molecular weight excluding hydrogens is 235 g/mol. The lowest BCUT2D eigenvalue weighted by Gasteiger charge is -2.09. The summed E-state index contributed by atoms with van der Waals surface area (Å²) in [5, 5.41) is 1.09. The molecule has 0 radical (unpaired) electrons. The van der Waals surface area contributed by atoms with E-state index in [-0.39, 0.29) is 17.5 Å². The first kappa shape index (κ1) is 14.4. The van der Waals surface area contributed by atoms with Crippen molar-refractivity contribution >= 4 is 5.91 Å². The van der Waals surface area contributed by atoms with Gasteiger partial charge in [0.25, 0.3) is 0 Å². The molecule has 2 N–H and O–H groups in total. The number of nitrogens with zero attached hydrogens (tertiary/aromatic N) is 1. The van der Waals surface area contributed by atoms with E-state index >= 15 is 0 Å². The zero-order chi connectivity index (χ0) is 13.5. The maximum atomic E-state index is 13.4. The Bertz CT molecular complexity index is 408. The number of carbonyl (C=O) groups is 1. The number of rotatable bonds is 6. The van der Waals surface area contributed by atoms with E-state index in [9.17, 15) is 9.18 Å². The second kappa shape index (κ2) is 6.96. The van der Waals surface area contributed by atoms with E-state index in [1.807, 2.05) is 6.07 Å². The number of aryl methyl sites for hydroxylation is 1. The van der Waals surface area contributed by atoms with E-state index < -0.39 is 0 Å². The topological polar surface area (TPSA) is 55.6 Å². The Morgan fingerprint density at radius 3 is 2.72 bits per heavy atom. The van der Waals surface area contributed by atoms with E-state index in [1.54, 1.807) is 6.07 Å². The molecule has 0 fully saturated rings. The maximum absolute atomic E-state index is 13.4. The van der Waals surface area contributed by atoms with Gasteiger partial charge in [-0.05, 0) is 37.0 Å². The summed E-state index contributed by atoms with van der Waals surface area (Å²) in [6.07, 6.45) is 2.73. The van der Waals surface area contributed by atoms with Crippen LogP contribution in [0.25, 0.3) is 0 Å². The lowest BCUT2D eigenvalue weighted by atomic mass is 10.1. The molecule has 4 nitrogen and oxygen atoms in total. The van der Waals surface area contributed by atoms with Gasteiger partial charge in [0.05, 0.1) is 7.11 Å². The number of carbonyl (C=O) groups excluding carboxylic acids is 1. The quantitative estimate of drug-likeness (QED) is 0.365. The number of methoxy groups -OCH3 is 1. The minimum absolute atomic E-state index is 0.0871. The SMILES string of the molecule is COc1ccc(CCCCC(=O)N(C)N)cc1F. The third kappa shape index (κ3) is 4.33. The Kier molecular flexibility index (Phi) is 5.58. The first-order chi connectivity index (χ1) is 8.54. The summed E-state index contributed by atoms with van der Waals surface area (Å²) in [5.74, 6) is 5.11. The number of hydrazine groups is 1. The van der Waals surface area contributed by atoms with Crippen molar-refractivity contribution in [2.45, 2.75) is 25.7 Å². The van der Waals surface area contributed by atoms with Crippen LogP contribution in [0.3, 0.4) is 0 Å². The predicted molar refractivity (Wildman–Crippen MR) is 67.5 cm³/mol. The largest absolute Gasteiger partial charge is 0.494 e. The first-order valence-corrected chi connectivity index (χ1v) is 5.88. The van der Waals surface area contributed by atoms with Gasteiger partial charge in [-0.1, -0.05) is 6.07 Å². The molecule has 0 aliphatic heterocycles. The summed E-state index contributed by atoms with van der Waals surface area (Å²) in [7, 11) is 2.97. The van der Waals surface area contributed by atoms with E-state index in [2.05, 4.69) is 0 Å². The van der Waals surface area contributed by atoms with Gasteiger partial charge in [-0.2, -0.15) is 0 Å². The molecule has 1 aromatic carbocycles. The van der Waals surface area contributed by atoms with Crippen molar-refractivity contribution < 1.29 is 13.9 Å². The highest BCUT2D eigenvalue weighted by molar-refractivity contribution is 5.75. The van der Waals surface area contributed by atoms with Gasteiger partial charge in [0.2, 0.25) is 5.91 Å². The molecule has 0 saturated heterocycles. The molecule has 0 aliphatic rings. The number of unbranched alkanes of at least 4 members (excludes halogenated alkanes) is 1. The number of ether oxygens (including phenoxy) is 1. The zero-order valence-electron chi connectivity index (χ0n) is 10.8. The molecular formula is C13H19FN2O2. The molecule has 0 spiro atoms. The van der Waals surface area contributed by atoms with Crippen LogP contribution in [0.5, 0.6) is 5.75 Å². The monoisotopic (exact) mass is 254 g/mol. The summed E-state index contributed by atoms with van der Waals surface area (Å²) in [6.45, 7) is 0. The van der Waals surface area contributed by atoms with E-state index in [0.29, 0.717) is 6.42 Å². The van der Waals surface area contributed by atoms with E-state index in [0.717, 1.165) is 29.8 Å². The first-order valence-electron chi connectivity index (χ1n) is 5.88. The van der Waals surface area contributed by atoms with Crippen LogP contribution in [0.1, 0.15) is 24.8 Å². The average Bonchev–Trinajstić information content (AvgIpc) is 2.34. The van der Waals surface area contributed by atoms with Crippen LogP contribution in [-0.2, 0) is 11.2 Å². The Balaban J connectivity index is 2.36. The lowest BCUT2D eigenvalue weighted by Crippen LogP contribution is -2.32. The number of benzene rings is 1. The van der Waals surface area contributed by atoms with Crippen molar-refractivity contribution in [2.75, 3.05) is 14.2 Å². The molecule has 100 valence electrons. The molecule has 0 aliphatic carbocycles. The number of nitrogens with two attached hydrogens (primary N) is 1. The molecule has 0 unspecified atom stereocenters. The second-order valence-electron chi connectivity index (χ2n) is 4.18. The normalized spacial score (nSPS) is 10.2. The molecule has 0 saturated carbocycles. The van der Waals surface area contributed by atoms with Crippen LogP contribution < -0.4 is 10.6 Å². The van der Waals surface area contributed by atoms with Crippen molar-refractivity contribution in [3.05, 3.63) is 29.6 Å². The van der Waals surface area contributed by atoms with Crippen molar-refractivity contribution in [2.24, 2.45) is 5.84 Å². The van der Waals surface area contributed by atoms with Gasteiger partial charge in [-0.25, -0.2) is 10.2 Å². The molecule has 0 bridgehead atoms. The Morgan fingerprint density at radius 2 is 2.17 bits per heavy atom. The highest BCUT2D eigenvalue weighted by Gasteiger charge is 2.05. The average molecular weight is 254 g/mol. The van der Waals surface area contributed by atoms with Gasteiger partial charge >= 0.3 is 0 Å². The Labute approximate surface area is 106 Å². The molecule has 0 atom stereocenters. The molecule has 1 rings (SSSR count). The van der Waals surface area contributed by atoms with Crippen LogP contribution in [0.4, 0.5) is 4.39 Å². The number of hydrogen-bond acceptors (Lipinski definition) is 3. The highest BCUT2D eigenvalue weighted by atomic mass is 19.1. The van der Waals surface area contributed by atoms with Gasteiger partial charge in [0, 0.05) is 13.5 Å². The summed E-state index contributed by atoms with van der Waals surface area (Å²) in [5.41, 5.74) is 0.904. The van der Waals surface area contributed by atoms with Crippen molar-refractivity contribution in [3.8, 4) is 5.75 Å². The molecule has 5 heteroatoms. The number of amides is 1. The Hall–Kier alpha value is -1.62. The fraction of sp³-hybridized carbons (Fsp3) is 0.462. The maximum Gasteiger partial charge on any atom is 0.236 e. The summed E-state index contributed by atoms with van der Waals surface area (Å²) >= 11 is 0. The third-order valence-electron chi connectivity index (χ3n) is 2.72. The van der Waals surface area contributed by atoms with Crippen LogP contribution >= 0.6 is 0 Å². The Morgan fingerprint density at radius 1 is 1.44 bits per heavy atom. The van der Waals surface area contributed by atoms with E-state index in [4.69, 9.17) is 10.6 Å². The van der Waals surface area contributed by atoms with Crippen molar-refractivity contribution in [1.82, 2.24) is 5.01 Å². The lowest BCUT2D eigenvalue weighted by molar-refractivity contribution is -0.130. The molecule has 18 heavy (non-hydrogen) atoms. The predicted octanol–water partition coefficient (Wildman–Crippen LogP) is 1.88. The van der Waals surface area contributed by atoms with E-state index in [1.165, 1.54) is 20.2 Å². The zero-order valence-corrected chi connectivity index (χ0v) is 10.8. The molecule has 0 heterocycles. The van der Waals surface area contributed by atoms with Gasteiger partial charge in [0.1, 0.15) is 0 Å². The second-order valence-corrected chi connectivity index (χ2v) is 4.18. The fourth-order valence-electron chi connectivity index (χ4n) is 1.65. The third-order valence-corrected chi connectivity index (χ3v) is 2.72. The molecule has 0 aromatic heterocycles. The molecule has 1 amide bonds. The standard InChI is InChI=1S/C13H19FN2O2/c1-16(15)13(17)6-4-3-5-10-7-8-12(18-2)11(14)9-10/h7-9H,3-6,15H2,1-2H3. The van der Waals surface area contributed by atoms with Crippen LogP contribution in [0, 0.1) is 5.82 Å². The van der Waals surface area contributed by atoms with Crippen molar-refractivity contribution in [3.63, 3.8) is 0 Å². The summed E-state index contributed by atoms with van der Waals surface area (Å²) < 4.78 is 18.2. The minimum Gasteiger partial charge on any atom is -0.494 e. The minimum atomic E-state index is -0.354. The summed E-state index contributed by atoms with van der Waals surface area (Å²) in [4.78, 5) is 11.2. The van der Waals surface area contributed by atoms with Crippen LogP contribution in [-0.4, -0.2) is 25.1 Å². The molecule has 1 aromatic rings. The van der Waals surface area contributed by atoms with Crippen molar-refractivity contribution in [1.29, 1.82) is 0 Å². The van der Waals surface area contributed by atoms with Crippen LogP contribution in [0.2, 0.25) is 0 Å². The van der Waals surface area contributed by atoms with Gasteiger partial charge in [-0.15, -0.1) is 0 Å². The van der Waals surface area contributed by atoms with Gasteiger partial charge in [0.15, 0.2) is 11.6 Å². The highest BCUT2D eigenvalue weighted by Crippen LogP contribution is 2.18. The fourth-order valence-corrected chi connectivity index (χ4v) is 1.65. The van der Waals surface area contributed by atoms with Gasteiger partial charge in [-0.3, -0.25) is 9.80 Å². The van der Waals surface area contributed by atoms with Gasteiger partial charge < -0.3 is 4.74 Å². The van der Waals surface area contributed by atoms with Crippen LogP contribution in [0.15, 0.2) is 18.2 Å². The summed E-state index contributed by atoms with van der Waals surface area (Å²) in [6, 6.07) is 4.91. The number of halogens is 1. The number of hydrogen-bond donors (Lipinski definition) is 1.